The molecule has 2 aromatic carbocycles. The number of nitrogens with two attached hydrogens (primary N) is 1. The van der Waals surface area contributed by atoms with Gasteiger partial charge in [-0.05, 0) is 47.7 Å². The summed E-state index contributed by atoms with van der Waals surface area (Å²) >= 11 is 0. The van der Waals surface area contributed by atoms with E-state index in [0.717, 1.165) is 6.42 Å². The summed E-state index contributed by atoms with van der Waals surface area (Å²) in [6, 6.07) is 14.4. The predicted octanol–water partition coefficient (Wildman–Crippen LogP) is 3.96. The van der Waals surface area contributed by atoms with Crippen LogP contribution in [0.4, 0.5) is 5.82 Å². The van der Waals surface area contributed by atoms with Crippen LogP contribution in [0, 0.1) is 0 Å². The number of benzene rings is 2. The first kappa shape index (κ1) is 27.0. The zero-order chi connectivity index (χ0) is 26.9. The Balaban J connectivity index is 1.22. The molecular formula is C26H30N6O5P+. The average Bonchev–Trinajstić information content (AvgIpc) is 3.34. The van der Waals surface area contributed by atoms with E-state index in [1.54, 1.807) is 47.3 Å². The molecule has 0 radical (unpaired) electrons. The van der Waals surface area contributed by atoms with Gasteiger partial charge in [-0.25, -0.2) is 19.5 Å². The first-order valence-corrected chi connectivity index (χ1v) is 13.6. The third kappa shape index (κ3) is 7.02. The highest BCUT2D eigenvalue weighted by atomic mass is 31.1. The van der Waals surface area contributed by atoms with E-state index in [1.165, 1.54) is 11.9 Å². The fourth-order valence-electron chi connectivity index (χ4n) is 3.65. The SMILES string of the molecule is CCc1ccc(C(=O)NCCOc2ccccc2O[P+](=O)COC(C)Cn2cnc3c(N)ncnc32)cc1. The van der Waals surface area contributed by atoms with E-state index in [4.69, 9.17) is 19.7 Å². The van der Waals surface area contributed by atoms with Gasteiger partial charge in [0, 0.05) is 5.56 Å². The van der Waals surface area contributed by atoms with Gasteiger partial charge in [0.2, 0.25) is 5.75 Å². The van der Waals surface area contributed by atoms with Crippen molar-refractivity contribution in [2.24, 2.45) is 0 Å². The number of hydrogen-bond acceptors (Lipinski definition) is 9. The quantitative estimate of drug-likeness (QED) is 0.191. The minimum Gasteiger partial charge on any atom is -0.488 e. The Hall–Kier alpha value is -4.08. The number of ether oxygens (including phenoxy) is 2. The maximum Gasteiger partial charge on any atom is 0.585 e. The summed E-state index contributed by atoms with van der Waals surface area (Å²) in [4.78, 5) is 24.7. The molecule has 1 amide bonds. The van der Waals surface area contributed by atoms with Gasteiger partial charge in [-0.2, -0.15) is 0 Å². The number of hydrogen-bond donors (Lipinski definition) is 2. The maximum absolute atomic E-state index is 12.6. The number of nitrogen functional groups attached to an aromatic ring is 1. The maximum atomic E-state index is 12.6. The van der Waals surface area contributed by atoms with Crippen molar-refractivity contribution in [2.45, 2.75) is 32.9 Å². The number of anilines is 1. The van der Waals surface area contributed by atoms with Crippen LogP contribution in [0.5, 0.6) is 11.5 Å². The number of amides is 1. The molecule has 0 aliphatic heterocycles. The molecule has 12 heteroatoms. The molecule has 198 valence electrons. The Morgan fingerprint density at radius 2 is 1.87 bits per heavy atom. The lowest BCUT2D eigenvalue weighted by molar-refractivity contribution is 0.0851. The third-order valence-electron chi connectivity index (χ3n) is 5.67. The number of aromatic nitrogens is 4. The van der Waals surface area contributed by atoms with Crippen molar-refractivity contribution >= 4 is 30.9 Å². The van der Waals surface area contributed by atoms with Crippen LogP contribution in [-0.4, -0.2) is 51.0 Å². The molecule has 0 fully saturated rings. The molecule has 0 bridgehead atoms. The molecule has 3 N–H and O–H groups in total. The zero-order valence-electron chi connectivity index (χ0n) is 21.2. The molecule has 2 aromatic heterocycles. The number of carbonyl (C=O) groups is 1. The summed E-state index contributed by atoms with van der Waals surface area (Å²) in [5, 5.41) is 2.83. The molecule has 2 unspecified atom stereocenters. The topological polar surface area (TPSA) is 143 Å². The lowest BCUT2D eigenvalue weighted by atomic mass is 10.1. The van der Waals surface area contributed by atoms with E-state index in [2.05, 4.69) is 27.2 Å². The second-order valence-corrected chi connectivity index (χ2v) is 9.57. The molecule has 4 rings (SSSR count). The van der Waals surface area contributed by atoms with Crippen LogP contribution in [0.3, 0.4) is 0 Å². The normalized spacial score (nSPS) is 12.2. The first-order chi connectivity index (χ1) is 18.4. The molecule has 0 aliphatic rings. The van der Waals surface area contributed by atoms with E-state index in [1.807, 2.05) is 19.1 Å². The van der Waals surface area contributed by atoms with Crippen molar-refractivity contribution in [3.05, 3.63) is 72.3 Å². The third-order valence-corrected chi connectivity index (χ3v) is 6.43. The number of para-hydroxylation sites is 2. The van der Waals surface area contributed by atoms with Crippen molar-refractivity contribution in [1.29, 1.82) is 0 Å². The lowest BCUT2D eigenvalue weighted by Crippen LogP contribution is -2.28. The zero-order valence-corrected chi connectivity index (χ0v) is 22.1. The summed E-state index contributed by atoms with van der Waals surface area (Å²) in [5.41, 5.74) is 8.72. The molecule has 0 spiro atoms. The van der Waals surface area contributed by atoms with Gasteiger partial charge in [-0.1, -0.05) is 31.2 Å². The van der Waals surface area contributed by atoms with E-state index in [9.17, 15) is 9.36 Å². The minimum absolute atomic E-state index is 0.110. The van der Waals surface area contributed by atoms with Crippen LogP contribution in [0.25, 0.3) is 11.2 Å². The van der Waals surface area contributed by atoms with Gasteiger partial charge >= 0.3 is 8.03 Å². The fraction of sp³-hybridized carbons (Fsp3) is 0.308. The Morgan fingerprint density at radius 3 is 2.63 bits per heavy atom. The Labute approximate surface area is 221 Å². The average molecular weight is 538 g/mol. The number of fused-ring (bicyclic) bond motifs is 1. The van der Waals surface area contributed by atoms with Crippen molar-refractivity contribution in [2.75, 3.05) is 25.2 Å². The number of carbonyl (C=O) groups excluding carboxylic acids is 1. The number of rotatable bonds is 13. The minimum atomic E-state index is -2.16. The predicted molar refractivity (Wildman–Crippen MR) is 143 cm³/mol. The number of nitrogens with zero attached hydrogens (tertiary/aromatic N) is 4. The van der Waals surface area contributed by atoms with Crippen molar-refractivity contribution in [1.82, 2.24) is 24.8 Å². The molecular weight excluding hydrogens is 507 g/mol. The van der Waals surface area contributed by atoms with Crippen LogP contribution >= 0.6 is 8.03 Å². The van der Waals surface area contributed by atoms with Gasteiger partial charge in [-0.15, -0.1) is 0 Å². The summed E-state index contributed by atoms with van der Waals surface area (Å²) in [6.45, 7) is 4.87. The fourth-order valence-corrected chi connectivity index (χ4v) is 4.45. The van der Waals surface area contributed by atoms with Crippen LogP contribution in [-0.2, 0) is 22.3 Å². The van der Waals surface area contributed by atoms with Gasteiger partial charge in [-0.3, -0.25) is 4.79 Å². The van der Waals surface area contributed by atoms with Crippen molar-refractivity contribution in [3.63, 3.8) is 0 Å². The van der Waals surface area contributed by atoms with Crippen LogP contribution in [0.2, 0.25) is 0 Å². The van der Waals surface area contributed by atoms with Gasteiger partial charge in [0.15, 0.2) is 17.2 Å². The van der Waals surface area contributed by atoms with E-state index < -0.39 is 8.03 Å². The molecule has 2 atom stereocenters. The van der Waals surface area contributed by atoms with E-state index in [-0.39, 0.29) is 25.0 Å². The van der Waals surface area contributed by atoms with Gasteiger partial charge in [0.1, 0.15) is 18.5 Å². The molecule has 0 saturated heterocycles. The van der Waals surface area contributed by atoms with Crippen molar-refractivity contribution < 1.29 is 23.4 Å². The van der Waals surface area contributed by atoms with Crippen LogP contribution < -0.4 is 20.3 Å². The smallest absolute Gasteiger partial charge is 0.488 e. The largest absolute Gasteiger partial charge is 0.585 e. The number of aryl methyl sites for hydroxylation is 1. The van der Waals surface area contributed by atoms with Gasteiger partial charge < -0.3 is 25.1 Å². The molecule has 0 saturated carbocycles. The summed E-state index contributed by atoms with van der Waals surface area (Å²) < 4.78 is 31.5. The summed E-state index contributed by atoms with van der Waals surface area (Å²) in [5.74, 6) is 0.894. The van der Waals surface area contributed by atoms with Crippen LogP contribution in [0.1, 0.15) is 29.8 Å². The second kappa shape index (κ2) is 12.9. The van der Waals surface area contributed by atoms with Gasteiger partial charge in [0.05, 0.1) is 25.5 Å². The van der Waals surface area contributed by atoms with Crippen molar-refractivity contribution in [3.8, 4) is 11.5 Å². The lowest BCUT2D eigenvalue weighted by Gasteiger charge is -2.11. The molecule has 4 aromatic rings. The molecule has 0 aliphatic carbocycles. The summed E-state index contributed by atoms with van der Waals surface area (Å²) in [7, 11) is -2.16. The number of nitrogens with one attached hydrogen (secondary N) is 1. The summed E-state index contributed by atoms with van der Waals surface area (Å²) in [6.07, 6.45) is 3.51. The highest BCUT2D eigenvalue weighted by Crippen LogP contribution is 2.34. The van der Waals surface area contributed by atoms with E-state index >= 15 is 0 Å². The Morgan fingerprint density at radius 1 is 1.11 bits per heavy atom. The Bertz CT molecular complexity index is 1390. The monoisotopic (exact) mass is 537 g/mol. The standard InChI is InChI=1S/C26H29N6O5P/c1-3-19-8-10-20(11-9-19)26(33)28-12-13-35-21-6-4-5-7-22(21)37-38(34)17-36-18(2)14-32-16-31-23-24(27)29-15-30-25(23)32/h4-11,15-16,18H,3,12-14,17H2,1-2H3,(H2-,27,28,29,30,33)/p+1. The second-order valence-electron chi connectivity index (χ2n) is 8.46. The first-order valence-electron chi connectivity index (χ1n) is 12.2. The highest BCUT2D eigenvalue weighted by molar-refractivity contribution is 7.39. The molecule has 2 heterocycles. The highest BCUT2D eigenvalue weighted by Gasteiger charge is 2.24. The number of imidazole rings is 1. The van der Waals surface area contributed by atoms with Crippen LogP contribution in [0.15, 0.2) is 61.2 Å². The molecule has 38 heavy (non-hydrogen) atoms. The van der Waals surface area contributed by atoms with Gasteiger partial charge in [0.25, 0.3) is 12.3 Å². The molecule has 11 nitrogen and oxygen atoms in total. The van der Waals surface area contributed by atoms with E-state index in [0.29, 0.717) is 47.1 Å². The Kier molecular flexibility index (Phi) is 9.18.